The summed E-state index contributed by atoms with van der Waals surface area (Å²) in [5.74, 6) is 0.788. The van der Waals surface area contributed by atoms with Crippen molar-refractivity contribution in [3.8, 4) is 11.5 Å². The van der Waals surface area contributed by atoms with Crippen molar-refractivity contribution in [3.05, 3.63) is 40.7 Å². The van der Waals surface area contributed by atoms with Gasteiger partial charge in [0.1, 0.15) is 11.5 Å². The smallest absolute Gasteiger partial charge is 0.157 e. The number of aldehydes is 1. The Morgan fingerprint density at radius 2 is 2.30 bits per heavy atom. The molecule has 1 aromatic carbocycles. The van der Waals surface area contributed by atoms with Gasteiger partial charge in [0.15, 0.2) is 6.29 Å². The summed E-state index contributed by atoms with van der Waals surface area (Å²) in [6, 6.07) is 5.53. The summed E-state index contributed by atoms with van der Waals surface area (Å²) in [6.07, 6.45) is 3.31. The summed E-state index contributed by atoms with van der Waals surface area (Å²) >= 11 is 5.90. The van der Waals surface area contributed by atoms with E-state index in [1.165, 1.54) is 11.8 Å². The molecule has 3 atom stereocenters. The Kier molecular flexibility index (Phi) is 4.64. The molecule has 6 nitrogen and oxygen atoms in total. The quantitative estimate of drug-likeness (QED) is 0.758. The Bertz CT molecular complexity index is 866. The fraction of sp³-hybridized carbons (Fsp3) is 0.500. The zero-order valence-electron chi connectivity index (χ0n) is 15.4. The number of phenolic OH excluding ortho intramolecular Hbond substituents is 1. The molecular weight excluding hydrogens is 368 g/mol. The number of nitrogens with zero attached hydrogens (tertiary/aromatic N) is 2. The molecule has 2 fully saturated rings. The van der Waals surface area contributed by atoms with Crippen LogP contribution < -0.4 is 4.74 Å². The summed E-state index contributed by atoms with van der Waals surface area (Å²) in [6.45, 7) is 6.09. The molecule has 1 aliphatic heterocycles. The molecule has 4 rings (SSSR count). The van der Waals surface area contributed by atoms with Crippen LogP contribution in [-0.4, -0.2) is 41.0 Å². The normalized spacial score (nSPS) is 26.7. The van der Waals surface area contributed by atoms with Gasteiger partial charge in [-0.15, -0.1) is 0 Å². The molecule has 2 aromatic rings. The van der Waals surface area contributed by atoms with E-state index in [-0.39, 0.29) is 27.8 Å². The summed E-state index contributed by atoms with van der Waals surface area (Å²) < 4.78 is 13.8. The molecule has 0 spiro atoms. The molecule has 1 aromatic heterocycles. The molecular formula is C20H23ClN2O4. The minimum absolute atomic E-state index is 0.0413. The molecule has 2 heterocycles. The van der Waals surface area contributed by atoms with Crippen LogP contribution >= 0.6 is 11.6 Å². The first-order chi connectivity index (χ1) is 13.0. The number of fused-ring (bicyclic) bond motifs is 1. The molecule has 7 heteroatoms. The van der Waals surface area contributed by atoms with Crippen molar-refractivity contribution in [1.82, 2.24) is 9.78 Å². The van der Waals surface area contributed by atoms with E-state index in [9.17, 15) is 9.90 Å². The monoisotopic (exact) mass is 390 g/mol. The van der Waals surface area contributed by atoms with Crippen molar-refractivity contribution >= 4 is 17.9 Å². The summed E-state index contributed by atoms with van der Waals surface area (Å²) in [7, 11) is 0. The first-order valence-electron chi connectivity index (χ1n) is 9.20. The van der Waals surface area contributed by atoms with E-state index in [0.29, 0.717) is 43.7 Å². The van der Waals surface area contributed by atoms with Crippen LogP contribution in [0.5, 0.6) is 11.5 Å². The van der Waals surface area contributed by atoms with E-state index >= 15 is 0 Å². The lowest BCUT2D eigenvalue weighted by Gasteiger charge is -2.23. The van der Waals surface area contributed by atoms with Crippen molar-refractivity contribution in [3.63, 3.8) is 0 Å². The van der Waals surface area contributed by atoms with E-state index in [2.05, 4.69) is 29.7 Å². The molecule has 1 saturated carbocycles. The van der Waals surface area contributed by atoms with Crippen LogP contribution in [0, 0.1) is 11.3 Å². The van der Waals surface area contributed by atoms with Crippen LogP contribution in [0.2, 0.25) is 5.02 Å². The number of rotatable bonds is 6. The average Bonchev–Trinajstić information content (AvgIpc) is 3.05. The average molecular weight is 391 g/mol. The standard InChI is InChI=1S/C20H23ClN2O4/c1-12(2)23-16(5-7-22-23)18-14-10-26-8-6-20(14,18)11-27-17-4-3-15(21)19(25)13(17)9-24/h3-5,7,9,12,14,18,25H,6,8,10-11H2,1-2H3. The third-order valence-corrected chi connectivity index (χ3v) is 6.22. The number of phenols is 1. The highest BCUT2D eigenvalue weighted by Crippen LogP contribution is 2.68. The minimum atomic E-state index is -0.240. The summed E-state index contributed by atoms with van der Waals surface area (Å²) in [5.41, 5.74) is 1.26. The van der Waals surface area contributed by atoms with Gasteiger partial charge in [-0.25, -0.2) is 0 Å². The molecule has 2 aliphatic rings. The van der Waals surface area contributed by atoms with Gasteiger partial charge in [0.05, 0.1) is 23.8 Å². The third kappa shape index (κ3) is 2.91. The number of aromatic hydroxyl groups is 1. The summed E-state index contributed by atoms with van der Waals surface area (Å²) in [5, 5.41) is 14.6. The van der Waals surface area contributed by atoms with Crippen molar-refractivity contribution in [2.45, 2.75) is 32.2 Å². The maximum absolute atomic E-state index is 11.4. The third-order valence-electron chi connectivity index (χ3n) is 5.91. The molecule has 0 bridgehead atoms. The zero-order valence-corrected chi connectivity index (χ0v) is 16.1. The molecule has 1 aliphatic carbocycles. The molecule has 1 saturated heterocycles. The van der Waals surface area contributed by atoms with Gasteiger partial charge < -0.3 is 14.6 Å². The summed E-state index contributed by atoms with van der Waals surface area (Å²) in [4.78, 5) is 11.4. The topological polar surface area (TPSA) is 73.6 Å². The fourth-order valence-electron chi connectivity index (χ4n) is 4.44. The highest BCUT2D eigenvalue weighted by atomic mass is 35.5. The van der Waals surface area contributed by atoms with Crippen LogP contribution in [0.15, 0.2) is 24.4 Å². The number of aromatic nitrogens is 2. The number of hydrogen-bond donors (Lipinski definition) is 1. The Labute approximate surface area is 163 Å². The van der Waals surface area contributed by atoms with E-state index in [1.54, 1.807) is 6.07 Å². The van der Waals surface area contributed by atoms with Gasteiger partial charge in [0.25, 0.3) is 0 Å². The lowest BCUT2D eigenvalue weighted by molar-refractivity contribution is 0.0436. The lowest BCUT2D eigenvalue weighted by atomic mass is 9.96. The highest BCUT2D eigenvalue weighted by molar-refractivity contribution is 6.32. The van der Waals surface area contributed by atoms with Crippen molar-refractivity contribution in [1.29, 1.82) is 0 Å². The number of ether oxygens (including phenoxy) is 2. The van der Waals surface area contributed by atoms with Gasteiger partial charge in [0.2, 0.25) is 0 Å². The second kappa shape index (κ2) is 6.84. The Morgan fingerprint density at radius 3 is 3.04 bits per heavy atom. The van der Waals surface area contributed by atoms with Crippen LogP contribution in [-0.2, 0) is 4.74 Å². The number of carbonyl (C=O) groups is 1. The van der Waals surface area contributed by atoms with Crippen molar-refractivity contribution in [2.75, 3.05) is 19.8 Å². The number of halogens is 1. The number of benzene rings is 1. The van der Waals surface area contributed by atoms with Gasteiger partial charge in [-0.3, -0.25) is 9.48 Å². The second-order valence-corrected chi connectivity index (χ2v) is 8.06. The van der Waals surface area contributed by atoms with E-state index in [4.69, 9.17) is 21.1 Å². The lowest BCUT2D eigenvalue weighted by Crippen LogP contribution is -2.25. The molecule has 3 unspecified atom stereocenters. The Balaban J connectivity index is 1.60. The van der Waals surface area contributed by atoms with Gasteiger partial charge in [-0.05, 0) is 38.5 Å². The largest absolute Gasteiger partial charge is 0.505 e. The zero-order chi connectivity index (χ0) is 19.2. The van der Waals surface area contributed by atoms with Crippen molar-refractivity contribution < 1.29 is 19.4 Å². The first-order valence-corrected chi connectivity index (χ1v) is 9.58. The Morgan fingerprint density at radius 1 is 1.48 bits per heavy atom. The fourth-order valence-corrected chi connectivity index (χ4v) is 4.60. The number of carbonyl (C=O) groups excluding carboxylic acids is 1. The van der Waals surface area contributed by atoms with Gasteiger partial charge >= 0.3 is 0 Å². The van der Waals surface area contributed by atoms with Crippen LogP contribution in [0.3, 0.4) is 0 Å². The molecule has 27 heavy (non-hydrogen) atoms. The highest BCUT2D eigenvalue weighted by Gasteiger charge is 2.67. The second-order valence-electron chi connectivity index (χ2n) is 7.65. The first kappa shape index (κ1) is 18.3. The maximum atomic E-state index is 11.4. The number of hydrogen-bond acceptors (Lipinski definition) is 5. The Hall–Kier alpha value is -2.05. The van der Waals surface area contributed by atoms with Crippen LogP contribution in [0.4, 0.5) is 0 Å². The molecule has 0 radical (unpaired) electrons. The predicted octanol–water partition coefficient (Wildman–Crippen LogP) is 3.83. The molecule has 144 valence electrons. The predicted molar refractivity (Wildman–Crippen MR) is 101 cm³/mol. The van der Waals surface area contributed by atoms with E-state index in [1.807, 2.05) is 6.20 Å². The van der Waals surface area contributed by atoms with Crippen LogP contribution in [0.1, 0.15) is 48.3 Å². The SMILES string of the molecule is CC(C)n1nccc1C1C2COCCC21COc1ccc(Cl)c(O)c1C=O. The van der Waals surface area contributed by atoms with Crippen LogP contribution in [0.25, 0.3) is 0 Å². The molecule has 0 amide bonds. The van der Waals surface area contributed by atoms with Gasteiger partial charge in [-0.1, -0.05) is 11.6 Å². The van der Waals surface area contributed by atoms with Crippen molar-refractivity contribution in [2.24, 2.45) is 11.3 Å². The maximum Gasteiger partial charge on any atom is 0.157 e. The van der Waals surface area contributed by atoms with E-state index in [0.717, 1.165) is 6.42 Å². The minimum Gasteiger partial charge on any atom is -0.505 e. The van der Waals surface area contributed by atoms with Gasteiger partial charge in [-0.2, -0.15) is 5.10 Å². The molecule has 1 N–H and O–H groups in total. The van der Waals surface area contributed by atoms with E-state index < -0.39 is 0 Å². The van der Waals surface area contributed by atoms with Gasteiger partial charge in [0, 0.05) is 41.8 Å².